The first-order valence-electron chi connectivity index (χ1n) is 10.1. The Balaban J connectivity index is 1.66. The molecule has 0 aliphatic carbocycles. The molecule has 3 rings (SSSR count). The number of hydrogen-bond acceptors (Lipinski definition) is 2. The smallest absolute Gasteiger partial charge is 0.193 e. The van der Waals surface area contributed by atoms with Crippen LogP contribution in [0.5, 0.6) is 0 Å². The Morgan fingerprint density at radius 1 is 1.26 bits per heavy atom. The highest BCUT2D eigenvalue weighted by Gasteiger charge is 2.31. The number of hydrogen-bond donors (Lipinski definition) is 1. The molecule has 2 heterocycles. The van der Waals surface area contributed by atoms with Crippen molar-refractivity contribution in [3.8, 4) is 0 Å². The van der Waals surface area contributed by atoms with E-state index in [0.717, 1.165) is 44.9 Å². The molecule has 2 aromatic rings. The zero-order chi connectivity index (χ0) is 19.3. The van der Waals surface area contributed by atoms with Gasteiger partial charge in [0.05, 0.1) is 6.20 Å². The lowest BCUT2D eigenvalue weighted by Crippen LogP contribution is -2.46. The molecule has 146 valence electrons. The highest BCUT2D eigenvalue weighted by Crippen LogP contribution is 2.31. The second kappa shape index (κ2) is 8.59. The fourth-order valence-corrected chi connectivity index (χ4v) is 4.26. The summed E-state index contributed by atoms with van der Waals surface area (Å²) in [6.07, 6.45) is 7.50. The molecule has 1 saturated heterocycles. The summed E-state index contributed by atoms with van der Waals surface area (Å²) in [6.45, 7) is 7.52. The van der Waals surface area contributed by atoms with Gasteiger partial charge in [0.2, 0.25) is 0 Å². The molecule has 1 unspecified atom stereocenters. The van der Waals surface area contributed by atoms with Crippen molar-refractivity contribution in [2.24, 2.45) is 12.0 Å². The molecule has 1 N–H and O–H groups in total. The predicted molar refractivity (Wildman–Crippen MR) is 112 cm³/mol. The van der Waals surface area contributed by atoms with Crippen LogP contribution in [0, 0.1) is 0 Å². The number of nitrogens with zero attached hydrogens (tertiary/aromatic N) is 4. The van der Waals surface area contributed by atoms with Crippen LogP contribution in [-0.4, -0.2) is 47.3 Å². The molecule has 1 aliphatic rings. The first-order chi connectivity index (χ1) is 13.1. The van der Waals surface area contributed by atoms with Gasteiger partial charge in [-0.15, -0.1) is 0 Å². The molecule has 1 aromatic heterocycles. The maximum Gasteiger partial charge on any atom is 0.193 e. The second-order valence-electron chi connectivity index (χ2n) is 7.63. The second-order valence-corrected chi connectivity index (χ2v) is 7.63. The van der Waals surface area contributed by atoms with Gasteiger partial charge in [-0.25, -0.2) is 0 Å². The summed E-state index contributed by atoms with van der Waals surface area (Å²) < 4.78 is 1.89. The van der Waals surface area contributed by atoms with E-state index in [9.17, 15) is 0 Å². The molecule has 1 atom stereocenters. The third-order valence-corrected chi connectivity index (χ3v) is 6.22. The lowest BCUT2D eigenvalue weighted by molar-refractivity contribution is 0.378. The van der Waals surface area contributed by atoms with Gasteiger partial charge < -0.3 is 10.2 Å². The van der Waals surface area contributed by atoms with E-state index >= 15 is 0 Å². The van der Waals surface area contributed by atoms with E-state index in [2.05, 4.69) is 70.7 Å². The molecule has 0 saturated carbocycles. The Bertz CT molecular complexity index is 745. The maximum absolute atomic E-state index is 4.58. The van der Waals surface area contributed by atoms with Gasteiger partial charge in [-0.05, 0) is 30.4 Å². The average molecular weight is 368 g/mol. The van der Waals surface area contributed by atoms with Crippen molar-refractivity contribution in [2.75, 3.05) is 26.7 Å². The van der Waals surface area contributed by atoms with E-state index in [4.69, 9.17) is 0 Å². The van der Waals surface area contributed by atoms with Crippen LogP contribution in [0.25, 0.3) is 0 Å². The number of aryl methyl sites for hydroxylation is 1. The van der Waals surface area contributed by atoms with E-state index in [1.807, 2.05) is 25.0 Å². The van der Waals surface area contributed by atoms with Gasteiger partial charge in [0.15, 0.2) is 5.96 Å². The number of benzene rings is 1. The van der Waals surface area contributed by atoms with Crippen molar-refractivity contribution in [1.82, 2.24) is 20.0 Å². The van der Waals surface area contributed by atoms with Gasteiger partial charge in [0, 0.05) is 51.3 Å². The molecule has 1 aromatic carbocycles. The summed E-state index contributed by atoms with van der Waals surface area (Å²) in [5.41, 5.74) is 2.88. The van der Waals surface area contributed by atoms with Gasteiger partial charge >= 0.3 is 0 Å². The molecule has 5 heteroatoms. The van der Waals surface area contributed by atoms with Crippen LogP contribution in [0.15, 0.2) is 47.7 Å². The molecule has 0 amide bonds. The van der Waals surface area contributed by atoms with E-state index in [-0.39, 0.29) is 5.41 Å². The first-order valence-corrected chi connectivity index (χ1v) is 10.1. The van der Waals surface area contributed by atoms with Crippen molar-refractivity contribution in [3.05, 3.63) is 53.9 Å². The molecule has 27 heavy (non-hydrogen) atoms. The highest BCUT2D eigenvalue weighted by molar-refractivity contribution is 5.80. The Labute approximate surface area is 163 Å². The van der Waals surface area contributed by atoms with Crippen molar-refractivity contribution in [1.29, 1.82) is 0 Å². The normalized spacial score (nSPS) is 18.1. The maximum atomic E-state index is 4.58. The summed E-state index contributed by atoms with van der Waals surface area (Å²) in [4.78, 5) is 6.97. The monoisotopic (exact) mass is 367 g/mol. The molecule has 5 nitrogen and oxygen atoms in total. The Morgan fingerprint density at radius 2 is 2.00 bits per heavy atom. The lowest BCUT2D eigenvalue weighted by Gasteiger charge is -2.34. The Hall–Kier alpha value is -2.30. The predicted octanol–water partition coefficient (Wildman–Crippen LogP) is 3.54. The summed E-state index contributed by atoms with van der Waals surface area (Å²) >= 11 is 0. The molecule has 0 bridgehead atoms. The summed E-state index contributed by atoms with van der Waals surface area (Å²) in [5.74, 6) is 1.55. The number of rotatable bonds is 6. The van der Waals surface area contributed by atoms with E-state index in [0.29, 0.717) is 5.92 Å². The van der Waals surface area contributed by atoms with Crippen LogP contribution >= 0.6 is 0 Å². The third kappa shape index (κ3) is 4.18. The average Bonchev–Trinajstić information content (AvgIpc) is 3.36. The number of aliphatic imine (C=N–C) groups is 1. The molecule has 0 radical (unpaired) electrons. The number of nitrogens with one attached hydrogen (secondary N) is 1. The van der Waals surface area contributed by atoms with E-state index in [1.54, 1.807) is 0 Å². The number of likely N-dealkylation sites (tertiary alicyclic amines) is 1. The fraction of sp³-hybridized carbons (Fsp3) is 0.545. The molecular weight excluding hydrogens is 334 g/mol. The van der Waals surface area contributed by atoms with Crippen molar-refractivity contribution >= 4 is 5.96 Å². The molecular formula is C22H33N5. The van der Waals surface area contributed by atoms with Crippen LogP contribution in [0.3, 0.4) is 0 Å². The topological polar surface area (TPSA) is 45.5 Å². The largest absolute Gasteiger partial charge is 0.355 e. The molecule has 0 spiro atoms. The number of guanidine groups is 1. The van der Waals surface area contributed by atoms with Gasteiger partial charge in [-0.1, -0.05) is 44.2 Å². The minimum Gasteiger partial charge on any atom is -0.355 e. The van der Waals surface area contributed by atoms with Gasteiger partial charge in [0.25, 0.3) is 0 Å². The van der Waals surface area contributed by atoms with E-state index in [1.165, 1.54) is 11.1 Å². The minimum absolute atomic E-state index is 0.139. The van der Waals surface area contributed by atoms with Crippen LogP contribution in [-0.2, 0) is 12.5 Å². The van der Waals surface area contributed by atoms with Crippen LogP contribution in [0.1, 0.15) is 50.2 Å². The first kappa shape index (κ1) is 19.5. The van der Waals surface area contributed by atoms with Crippen LogP contribution < -0.4 is 5.32 Å². The van der Waals surface area contributed by atoms with Crippen molar-refractivity contribution in [3.63, 3.8) is 0 Å². The zero-order valence-electron chi connectivity index (χ0n) is 17.2. The minimum atomic E-state index is 0.139. The van der Waals surface area contributed by atoms with Gasteiger partial charge in [-0.3, -0.25) is 9.67 Å². The molecule has 1 aliphatic heterocycles. The highest BCUT2D eigenvalue weighted by atomic mass is 15.3. The SMILES string of the molecule is CCC(CC)(CNC(=NC)N1CCC(c2cnn(C)c2)C1)c1ccccc1. The summed E-state index contributed by atoms with van der Waals surface area (Å²) in [5, 5.41) is 8.01. The standard InChI is InChI=1S/C22H33N5/c1-5-22(6-2,20-10-8-7-9-11-20)17-24-21(23-3)27-13-12-18(16-27)19-14-25-26(4)15-19/h7-11,14-15,18H,5-6,12-13,16-17H2,1-4H3,(H,23,24). The van der Waals surface area contributed by atoms with Gasteiger partial charge in [0.1, 0.15) is 0 Å². The van der Waals surface area contributed by atoms with Gasteiger partial charge in [-0.2, -0.15) is 5.10 Å². The van der Waals surface area contributed by atoms with Crippen molar-refractivity contribution in [2.45, 2.75) is 44.4 Å². The van der Waals surface area contributed by atoms with Crippen LogP contribution in [0.2, 0.25) is 0 Å². The molecule has 1 fully saturated rings. The van der Waals surface area contributed by atoms with Crippen molar-refractivity contribution < 1.29 is 0 Å². The number of aromatic nitrogens is 2. The zero-order valence-corrected chi connectivity index (χ0v) is 17.2. The fourth-order valence-electron chi connectivity index (χ4n) is 4.26. The summed E-state index contributed by atoms with van der Waals surface area (Å²) in [7, 11) is 3.87. The third-order valence-electron chi connectivity index (χ3n) is 6.22. The van der Waals surface area contributed by atoms with Crippen LogP contribution in [0.4, 0.5) is 0 Å². The quantitative estimate of drug-likeness (QED) is 0.627. The Kier molecular flexibility index (Phi) is 6.19. The lowest BCUT2D eigenvalue weighted by atomic mass is 9.76. The van der Waals surface area contributed by atoms with E-state index < -0.39 is 0 Å². The Morgan fingerprint density at radius 3 is 2.59 bits per heavy atom. The summed E-state index contributed by atoms with van der Waals surface area (Å²) in [6, 6.07) is 10.9.